The van der Waals surface area contributed by atoms with Crippen LogP contribution in [0.5, 0.6) is 0 Å². The number of amides is 1. The van der Waals surface area contributed by atoms with Crippen LogP contribution in [0.1, 0.15) is 50.7 Å². The first-order valence-corrected chi connectivity index (χ1v) is 9.07. The Kier molecular flexibility index (Phi) is 5.51. The SMILES string of the molecule is CCC(=O)N1CCC[C@@H]1[C@@H]1CCCN1C[C@H](O)c1cccc(F)c1. The van der Waals surface area contributed by atoms with Gasteiger partial charge >= 0.3 is 0 Å². The molecule has 2 saturated heterocycles. The van der Waals surface area contributed by atoms with Gasteiger partial charge in [0.1, 0.15) is 5.82 Å². The van der Waals surface area contributed by atoms with E-state index in [4.69, 9.17) is 0 Å². The Hall–Kier alpha value is -1.46. The molecule has 132 valence electrons. The van der Waals surface area contributed by atoms with Crippen LogP contribution in [0.15, 0.2) is 24.3 Å². The highest BCUT2D eigenvalue weighted by molar-refractivity contribution is 5.76. The molecule has 1 aromatic rings. The highest BCUT2D eigenvalue weighted by atomic mass is 19.1. The smallest absolute Gasteiger partial charge is 0.222 e. The maximum absolute atomic E-state index is 13.4. The lowest BCUT2D eigenvalue weighted by Gasteiger charge is -2.36. The molecular formula is C19H27FN2O2. The molecule has 0 saturated carbocycles. The first-order valence-electron chi connectivity index (χ1n) is 9.07. The fourth-order valence-corrected chi connectivity index (χ4v) is 4.26. The predicted molar refractivity (Wildman–Crippen MR) is 91.0 cm³/mol. The van der Waals surface area contributed by atoms with Crippen molar-refractivity contribution in [1.29, 1.82) is 0 Å². The molecule has 5 heteroatoms. The number of aliphatic hydroxyl groups excluding tert-OH is 1. The molecule has 4 nitrogen and oxygen atoms in total. The summed E-state index contributed by atoms with van der Waals surface area (Å²) in [5, 5.41) is 10.5. The van der Waals surface area contributed by atoms with E-state index in [1.165, 1.54) is 12.1 Å². The van der Waals surface area contributed by atoms with Crippen LogP contribution in [0.3, 0.4) is 0 Å². The average molecular weight is 334 g/mol. The third-order valence-electron chi connectivity index (χ3n) is 5.42. The van der Waals surface area contributed by atoms with Gasteiger partial charge in [0, 0.05) is 31.6 Å². The number of hydrogen-bond donors (Lipinski definition) is 1. The number of likely N-dealkylation sites (tertiary alicyclic amines) is 2. The number of hydrogen-bond acceptors (Lipinski definition) is 3. The fraction of sp³-hybridized carbons (Fsp3) is 0.632. The van der Waals surface area contributed by atoms with E-state index in [2.05, 4.69) is 4.90 Å². The first kappa shape index (κ1) is 17.4. The van der Waals surface area contributed by atoms with E-state index in [1.807, 2.05) is 11.8 Å². The van der Waals surface area contributed by atoms with Crippen molar-refractivity contribution < 1.29 is 14.3 Å². The Balaban J connectivity index is 1.68. The maximum atomic E-state index is 13.4. The van der Waals surface area contributed by atoms with Crippen molar-refractivity contribution in [2.45, 2.75) is 57.2 Å². The molecular weight excluding hydrogens is 307 g/mol. The highest BCUT2D eigenvalue weighted by Crippen LogP contribution is 2.31. The summed E-state index contributed by atoms with van der Waals surface area (Å²) in [5.41, 5.74) is 0.619. The molecule has 0 aliphatic carbocycles. The fourth-order valence-electron chi connectivity index (χ4n) is 4.26. The minimum absolute atomic E-state index is 0.232. The van der Waals surface area contributed by atoms with Crippen LogP contribution in [0, 0.1) is 5.82 Å². The van der Waals surface area contributed by atoms with Gasteiger partial charge in [0.05, 0.1) is 6.10 Å². The molecule has 0 spiro atoms. The summed E-state index contributed by atoms with van der Waals surface area (Å²) in [5.74, 6) is -0.0879. The molecule has 3 atom stereocenters. The zero-order valence-electron chi connectivity index (χ0n) is 14.3. The van der Waals surface area contributed by atoms with Crippen LogP contribution in [-0.2, 0) is 4.79 Å². The van der Waals surface area contributed by atoms with Crippen LogP contribution in [0.25, 0.3) is 0 Å². The van der Waals surface area contributed by atoms with Crippen LogP contribution in [0.2, 0.25) is 0 Å². The van der Waals surface area contributed by atoms with Gasteiger partial charge < -0.3 is 10.0 Å². The maximum Gasteiger partial charge on any atom is 0.222 e. The van der Waals surface area contributed by atoms with Gasteiger partial charge in [-0.3, -0.25) is 9.69 Å². The number of aliphatic hydroxyl groups is 1. The van der Waals surface area contributed by atoms with Gasteiger partial charge in [0.15, 0.2) is 0 Å². The van der Waals surface area contributed by atoms with Crippen molar-refractivity contribution in [3.8, 4) is 0 Å². The van der Waals surface area contributed by atoms with Gasteiger partial charge in [0.2, 0.25) is 5.91 Å². The molecule has 1 amide bonds. The molecule has 3 rings (SSSR count). The second kappa shape index (κ2) is 7.62. The van der Waals surface area contributed by atoms with Gasteiger partial charge in [-0.05, 0) is 49.9 Å². The predicted octanol–water partition coefficient (Wildman–Crippen LogP) is 2.72. The van der Waals surface area contributed by atoms with Crippen molar-refractivity contribution in [1.82, 2.24) is 9.80 Å². The van der Waals surface area contributed by atoms with E-state index < -0.39 is 6.10 Å². The Morgan fingerprint density at radius 2 is 2.04 bits per heavy atom. The molecule has 0 bridgehead atoms. The summed E-state index contributed by atoms with van der Waals surface area (Å²) < 4.78 is 13.4. The second-order valence-corrected chi connectivity index (χ2v) is 6.93. The molecule has 0 radical (unpaired) electrons. The second-order valence-electron chi connectivity index (χ2n) is 6.93. The van der Waals surface area contributed by atoms with Gasteiger partial charge in [-0.1, -0.05) is 19.1 Å². The van der Waals surface area contributed by atoms with E-state index in [0.29, 0.717) is 24.6 Å². The van der Waals surface area contributed by atoms with E-state index >= 15 is 0 Å². The Morgan fingerprint density at radius 1 is 1.29 bits per heavy atom. The molecule has 1 N–H and O–H groups in total. The monoisotopic (exact) mass is 334 g/mol. The minimum atomic E-state index is -0.696. The number of rotatable bonds is 5. The zero-order chi connectivity index (χ0) is 17.1. The summed E-state index contributed by atoms with van der Waals surface area (Å²) in [4.78, 5) is 16.5. The Labute approximate surface area is 143 Å². The van der Waals surface area contributed by atoms with Crippen molar-refractivity contribution in [3.05, 3.63) is 35.6 Å². The summed E-state index contributed by atoms with van der Waals surface area (Å²) in [6.07, 6.45) is 4.11. The zero-order valence-corrected chi connectivity index (χ0v) is 14.3. The topological polar surface area (TPSA) is 43.8 Å². The molecule has 24 heavy (non-hydrogen) atoms. The number of carbonyl (C=O) groups excluding carboxylic acids is 1. The molecule has 2 heterocycles. The van der Waals surface area contributed by atoms with E-state index in [9.17, 15) is 14.3 Å². The van der Waals surface area contributed by atoms with Gasteiger partial charge in [-0.2, -0.15) is 0 Å². The highest BCUT2D eigenvalue weighted by Gasteiger charge is 2.39. The van der Waals surface area contributed by atoms with Crippen molar-refractivity contribution in [2.24, 2.45) is 0 Å². The molecule has 2 fully saturated rings. The summed E-state index contributed by atoms with van der Waals surface area (Å²) in [7, 11) is 0. The Morgan fingerprint density at radius 3 is 2.79 bits per heavy atom. The van der Waals surface area contributed by atoms with Gasteiger partial charge in [0.25, 0.3) is 0 Å². The third-order valence-corrected chi connectivity index (χ3v) is 5.42. The molecule has 0 unspecified atom stereocenters. The number of nitrogens with zero attached hydrogens (tertiary/aromatic N) is 2. The molecule has 2 aliphatic rings. The van der Waals surface area contributed by atoms with Crippen molar-refractivity contribution in [2.75, 3.05) is 19.6 Å². The summed E-state index contributed by atoms with van der Waals surface area (Å²) in [6, 6.07) is 6.76. The third kappa shape index (κ3) is 3.62. The number of benzene rings is 1. The van der Waals surface area contributed by atoms with Crippen molar-refractivity contribution >= 4 is 5.91 Å². The lowest BCUT2D eigenvalue weighted by Crippen LogP contribution is -2.49. The normalized spacial score (nSPS) is 26.0. The first-order chi connectivity index (χ1) is 11.6. The van der Waals surface area contributed by atoms with E-state index in [-0.39, 0.29) is 17.8 Å². The van der Waals surface area contributed by atoms with Crippen LogP contribution < -0.4 is 0 Å². The quantitative estimate of drug-likeness (QED) is 0.900. The largest absolute Gasteiger partial charge is 0.387 e. The standard InChI is InChI=1S/C19H27FN2O2/c1-2-19(24)22-11-5-9-17(22)16-8-4-10-21(16)13-18(23)14-6-3-7-15(20)12-14/h3,6-7,12,16-18,23H,2,4-5,8-11,13H2,1H3/t16-,17+,18-/m0/s1. The van der Waals surface area contributed by atoms with Gasteiger partial charge in [-0.25, -0.2) is 4.39 Å². The number of halogens is 1. The van der Waals surface area contributed by atoms with E-state index in [1.54, 1.807) is 12.1 Å². The van der Waals surface area contributed by atoms with Crippen molar-refractivity contribution in [3.63, 3.8) is 0 Å². The minimum Gasteiger partial charge on any atom is -0.387 e. The Bertz CT molecular complexity index is 580. The average Bonchev–Trinajstić information content (AvgIpc) is 3.22. The molecule has 0 aromatic heterocycles. The van der Waals surface area contributed by atoms with Crippen LogP contribution in [0.4, 0.5) is 4.39 Å². The summed E-state index contributed by atoms with van der Waals surface area (Å²) in [6.45, 7) is 4.20. The molecule has 2 aliphatic heterocycles. The van der Waals surface area contributed by atoms with Gasteiger partial charge in [-0.15, -0.1) is 0 Å². The lowest BCUT2D eigenvalue weighted by molar-refractivity contribution is -0.132. The number of carbonyl (C=O) groups is 1. The van der Waals surface area contributed by atoms with Crippen LogP contribution in [-0.4, -0.2) is 52.5 Å². The van der Waals surface area contributed by atoms with Crippen LogP contribution >= 0.6 is 0 Å². The lowest BCUT2D eigenvalue weighted by atomic mass is 10.0. The van der Waals surface area contributed by atoms with E-state index in [0.717, 1.165) is 38.8 Å². The molecule has 1 aromatic carbocycles. The number of β-amino-alcohol motifs (C(OH)–C–C–N with tert-alkyl or cyclic N) is 1. The summed E-state index contributed by atoms with van der Waals surface area (Å²) >= 11 is 0.